The van der Waals surface area contributed by atoms with E-state index in [1.165, 1.54) is 37.3 Å². The summed E-state index contributed by atoms with van der Waals surface area (Å²) in [5, 5.41) is 14.9. The second-order valence-corrected chi connectivity index (χ2v) is 6.92. The van der Waals surface area contributed by atoms with Gasteiger partial charge >= 0.3 is 0 Å². The summed E-state index contributed by atoms with van der Waals surface area (Å²) >= 11 is 0. The Hall–Kier alpha value is -3.88. The predicted octanol–water partition coefficient (Wildman–Crippen LogP) is 2.62. The van der Waals surface area contributed by atoms with Gasteiger partial charge in [0.15, 0.2) is 5.78 Å². The highest BCUT2D eigenvalue weighted by Gasteiger charge is 2.58. The molecule has 0 N–H and O–H groups in total. The summed E-state index contributed by atoms with van der Waals surface area (Å²) in [6.07, 6.45) is -0.164. The van der Waals surface area contributed by atoms with Crippen molar-refractivity contribution >= 4 is 34.7 Å². The molecule has 2 aliphatic heterocycles. The van der Waals surface area contributed by atoms with Crippen LogP contribution in [0.4, 0.5) is 11.4 Å². The predicted molar refractivity (Wildman–Crippen MR) is 102 cm³/mol. The fourth-order valence-corrected chi connectivity index (χ4v) is 3.46. The number of rotatable bonds is 4. The first-order valence-corrected chi connectivity index (χ1v) is 8.79. The molecule has 1 saturated heterocycles. The second-order valence-electron chi connectivity index (χ2n) is 6.92. The third kappa shape index (κ3) is 3.06. The van der Waals surface area contributed by atoms with E-state index in [1.807, 2.05) is 0 Å². The van der Waals surface area contributed by atoms with Crippen LogP contribution in [0.15, 0.2) is 53.7 Å². The molecule has 0 aromatic heterocycles. The maximum Gasteiger partial charge on any atom is 0.281 e. The van der Waals surface area contributed by atoms with Gasteiger partial charge in [-0.3, -0.25) is 24.5 Å². The first-order chi connectivity index (χ1) is 13.8. The number of Topliss-reactive ketones (excluding diaryl/α,β-unsaturated/α-hetero) is 1. The number of imide groups is 1. The fourth-order valence-electron chi connectivity index (χ4n) is 3.46. The number of ketones is 1. The smallest absolute Gasteiger partial charge is 0.281 e. The van der Waals surface area contributed by atoms with Crippen LogP contribution in [0.1, 0.15) is 35.7 Å². The molecular formula is C20H15N3O6. The molecule has 2 heterocycles. The maximum absolute atomic E-state index is 13.0. The Morgan fingerprint density at radius 1 is 1.17 bits per heavy atom. The van der Waals surface area contributed by atoms with Crippen LogP contribution >= 0.6 is 0 Å². The molecular weight excluding hydrogens is 378 g/mol. The molecule has 4 rings (SSSR count). The highest BCUT2D eigenvalue weighted by Crippen LogP contribution is 2.39. The molecule has 1 spiro atoms. The summed E-state index contributed by atoms with van der Waals surface area (Å²) in [7, 11) is 0. The molecule has 2 aromatic carbocycles. The van der Waals surface area contributed by atoms with Crippen molar-refractivity contribution in [2.24, 2.45) is 5.16 Å². The fraction of sp³-hybridized carbons (Fsp3) is 0.200. The van der Waals surface area contributed by atoms with Crippen LogP contribution < -0.4 is 4.90 Å². The second kappa shape index (κ2) is 6.62. The molecule has 2 aliphatic rings. The quantitative estimate of drug-likeness (QED) is 0.341. The van der Waals surface area contributed by atoms with Crippen LogP contribution in [0.25, 0.3) is 0 Å². The molecule has 2 aromatic rings. The van der Waals surface area contributed by atoms with Gasteiger partial charge in [-0.05, 0) is 31.2 Å². The van der Waals surface area contributed by atoms with E-state index in [1.54, 1.807) is 18.2 Å². The minimum absolute atomic E-state index is 0.0285. The maximum atomic E-state index is 13.0. The van der Waals surface area contributed by atoms with E-state index in [9.17, 15) is 24.5 Å². The number of carbonyl (C=O) groups is 3. The van der Waals surface area contributed by atoms with Crippen molar-refractivity contribution in [1.82, 2.24) is 0 Å². The lowest BCUT2D eigenvalue weighted by Gasteiger charge is -2.19. The van der Waals surface area contributed by atoms with Crippen LogP contribution in [0.3, 0.4) is 0 Å². The molecule has 29 heavy (non-hydrogen) atoms. The van der Waals surface area contributed by atoms with Gasteiger partial charge < -0.3 is 4.84 Å². The lowest BCUT2D eigenvalue weighted by Crippen LogP contribution is -2.40. The van der Waals surface area contributed by atoms with Crippen LogP contribution in [0.2, 0.25) is 0 Å². The molecule has 0 aliphatic carbocycles. The van der Waals surface area contributed by atoms with Crippen LogP contribution in [0, 0.1) is 10.1 Å². The molecule has 1 unspecified atom stereocenters. The summed E-state index contributed by atoms with van der Waals surface area (Å²) in [6.45, 7) is 1.43. The van der Waals surface area contributed by atoms with E-state index >= 15 is 0 Å². The van der Waals surface area contributed by atoms with Gasteiger partial charge in [0.25, 0.3) is 11.6 Å². The third-order valence-corrected chi connectivity index (χ3v) is 4.98. The summed E-state index contributed by atoms with van der Waals surface area (Å²) in [6, 6.07) is 12.0. The van der Waals surface area contributed by atoms with Crippen molar-refractivity contribution in [3.63, 3.8) is 0 Å². The SMILES string of the molecule is CC(=O)c1ccc(N2C(=O)CC3(CC(c4cccc([N+](=O)[O-])c4)=NO3)C2=O)cc1. The number of non-ortho nitro benzene ring substituents is 1. The van der Waals surface area contributed by atoms with Crippen molar-refractivity contribution in [2.75, 3.05) is 4.90 Å². The molecule has 0 saturated carbocycles. The van der Waals surface area contributed by atoms with Crippen LogP contribution in [-0.2, 0) is 14.4 Å². The van der Waals surface area contributed by atoms with E-state index in [2.05, 4.69) is 5.16 Å². The summed E-state index contributed by atoms with van der Waals surface area (Å²) in [5.74, 6) is -1.12. The van der Waals surface area contributed by atoms with Gasteiger partial charge in [-0.2, -0.15) is 0 Å². The summed E-state index contributed by atoms with van der Waals surface area (Å²) in [5.41, 5.74) is 0.0673. The Morgan fingerprint density at radius 3 is 2.55 bits per heavy atom. The van der Waals surface area contributed by atoms with Crippen LogP contribution in [-0.4, -0.2) is 33.8 Å². The Balaban J connectivity index is 1.59. The third-order valence-electron chi connectivity index (χ3n) is 4.98. The number of nitro benzene ring substituents is 1. The lowest BCUT2D eigenvalue weighted by molar-refractivity contribution is -0.384. The molecule has 1 fully saturated rings. The standard InChI is InChI=1S/C20H15N3O6/c1-12(24)13-5-7-15(8-6-13)22-18(25)11-20(19(22)26)10-17(21-29-20)14-3-2-4-16(9-14)23(27)28/h2-9H,10-11H2,1H3. The molecule has 9 heteroatoms. The zero-order valence-electron chi connectivity index (χ0n) is 15.3. The zero-order chi connectivity index (χ0) is 20.8. The molecule has 2 amide bonds. The lowest BCUT2D eigenvalue weighted by atomic mass is 9.92. The molecule has 146 valence electrons. The number of amides is 2. The van der Waals surface area contributed by atoms with E-state index in [0.29, 0.717) is 22.5 Å². The summed E-state index contributed by atoms with van der Waals surface area (Å²) < 4.78 is 0. The monoisotopic (exact) mass is 393 g/mol. The van der Waals surface area contributed by atoms with Crippen molar-refractivity contribution in [3.05, 3.63) is 69.8 Å². The molecule has 0 radical (unpaired) electrons. The highest BCUT2D eigenvalue weighted by molar-refractivity contribution is 6.25. The first kappa shape index (κ1) is 18.5. The van der Waals surface area contributed by atoms with E-state index in [0.717, 1.165) is 4.90 Å². The molecule has 0 bridgehead atoms. The van der Waals surface area contributed by atoms with Gasteiger partial charge in [-0.25, -0.2) is 4.90 Å². The molecule has 9 nitrogen and oxygen atoms in total. The number of hydrogen-bond donors (Lipinski definition) is 0. The minimum Gasteiger partial charge on any atom is -0.378 e. The van der Waals surface area contributed by atoms with Gasteiger partial charge in [-0.15, -0.1) is 0 Å². The van der Waals surface area contributed by atoms with E-state index in [-0.39, 0.29) is 24.3 Å². The normalized spacial score (nSPS) is 20.7. The van der Waals surface area contributed by atoms with E-state index in [4.69, 9.17) is 4.84 Å². The zero-order valence-corrected chi connectivity index (χ0v) is 15.3. The Bertz CT molecular complexity index is 1090. The van der Waals surface area contributed by atoms with Crippen molar-refractivity contribution in [1.29, 1.82) is 0 Å². The van der Waals surface area contributed by atoms with Crippen LogP contribution in [0.5, 0.6) is 0 Å². The Kier molecular flexibility index (Phi) is 4.22. The average Bonchev–Trinajstić information content (AvgIpc) is 3.23. The van der Waals surface area contributed by atoms with Crippen molar-refractivity contribution in [2.45, 2.75) is 25.4 Å². The van der Waals surface area contributed by atoms with Gasteiger partial charge in [0.05, 0.1) is 22.7 Å². The van der Waals surface area contributed by atoms with Gasteiger partial charge in [-0.1, -0.05) is 17.3 Å². The first-order valence-electron chi connectivity index (χ1n) is 8.79. The van der Waals surface area contributed by atoms with Crippen molar-refractivity contribution < 1.29 is 24.1 Å². The number of oxime groups is 1. The average molecular weight is 393 g/mol. The van der Waals surface area contributed by atoms with Gasteiger partial charge in [0.2, 0.25) is 11.5 Å². The topological polar surface area (TPSA) is 119 Å². The Morgan fingerprint density at radius 2 is 1.90 bits per heavy atom. The van der Waals surface area contributed by atoms with Gasteiger partial charge in [0.1, 0.15) is 0 Å². The largest absolute Gasteiger partial charge is 0.378 e. The summed E-state index contributed by atoms with van der Waals surface area (Å²) in [4.78, 5) is 53.9. The van der Waals surface area contributed by atoms with Crippen molar-refractivity contribution in [3.8, 4) is 0 Å². The number of nitro groups is 1. The number of hydrogen-bond acceptors (Lipinski definition) is 7. The van der Waals surface area contributed by atoms with E-state index < -0.39 is 22.3 Å². The number of benzene rings is 2. The highest BCUT2D eigenvalue weighted by atomic mass is 16.7. The van der Waals surface area contributed by atoms with Gasteiger partial charge in [0, 0.05) is 29.7 Å². The number of nitrogens with zero attached hydrogens (tertiary/aromatic N) is 3. The molecule has 1 atom stereocenters. The number of carbonyl (C=O) groups excluding carboxylic acids is 3. The number of anilines is 1. The Labute approximate surface area is 164 Å². The minimum atomic E-state index is -1.46.